The molecule has 0 aliphatic carbocycles. The molecule has 0 saturated carbocycles. The van der Waals surface area contributed by atoms with Crippen molar-refractivity contribution in [3.05, 3.63) is 30.7 Å². The summed E-state index contributed by atoms with van der Waals surface area (Å²) in [5, 5.41) is 3.67. The Morgan fingerprint density at radius 1 is 1.25 bits per heavy atom. The third-order valence-corrected chi connectivity index (χ3v) is 2.41. The van der Waals surface area contributed by atoms with Crippen molar-refractivity contribution in [2.75, 3.05) is 11.0 Å². The Balaban J connectivity index is 2.24. The summed E-state index contributed by atoms with van der Waals surface area (Å²) in [6.45, 7) is 0. The van der Waals surface area contributed by atoms with Gasteiger partial charge in [0.15, 0.2) is 0 Å². The van der Waals surface area contributed by atoms with Crippen molar-refractivity contribution in [1.82, 2.24) is 10.1 Å². The summed E-state index contributed by atoms with van der Waals surface area (Å²) in [5.41, 5.74) is 1.25. The molecule has 0 bridgehead atoms. The first kappa shape index (κ1) is 10.6. The zero-order valence-corrected chi connectivity index (χ0v) is 9.23. The fourth-order valence-corrected chi connectivity index (χ4v) is 1.76. The highest BCUT2D eigenvalue weighted by molar-refractivity contribution is 7.92. The van der Waals surface area contributed by atoms with Crippen molar-refractivity contribution in [2.24, 2.45) is 0 Å². The van der Waals surface area contributed by atoms with Crippen LogP contribution in [-0.4, -0.2) is 24.8 Å². The molecule has 0 spiro atoms. The Kier molecular flexibility index (Phi) is 2.61. The molecule has 0 aliphatic rings. The van der Waals surface area contributed by atoms with E-state index in [1.54, 1.807) is 24.3 Å². The SMILES string of the molecule is CS(=O)(=O)Nc1ccc(-c2ncon2)cc1. The summed E-state index contributed by atoms with van der Waals surface area (Å²) in [7, 11) is -3.24. The van der Waals surface area contributed by atoms with Gasteiger partial charge in [0, 0.05) is 11.3 Å². The topological polar surface area (TPSA) is 85.1 Å². The van der Waals surface area contributed by atoms with Gasteiger partial charge in [0.2, 0.25) is 22.2 Å². The summed E-state index contributed by atoms with van der Waals surface area (Å²) < 4.78 is 28.9. The van der Waals surface area contributed by atoms with Gasteiger partial charge in [-0.05, 0) is 24.3 Å². The number of nitrogens with one attached hydrogen (secondary N) is 1. The predicted octanol–water partition coefficient (Wildman–Crippen LogP) is 1.11. The third-order valence-electron chi connectivity index (χ3n) is 1.81. The molecule has 0 aliphatic heterocycles. The maximum atomic E-state index is 11.0. The summed E-state index contributed by atoms with van der Waals surface area (Å²) in [6, 6.07) is 6.68. The zero-order chi connectivity index (χ0) is 11.6. The lowest BCUT2D eigenvalue weighted by Crippen LogP contribution is -2.09. The molecule has 0 unspecified atom stereocenters. The standard InChI is InChI=1S/C9H9N3O3S/c1-16(13,14)12-8-4-2-7(3-5-8)9-10-6-15-11-9/h2-6,12H,1H3. The van der Waals surface area contributed by atoms with Gasteiger partial charge in [-0.2, -0.15) is 4.98 Å². The second-order valence-corrected chi connectivity index (χ2v) is 4.95. The molecule has 16 heavy (non-hydrogen) atoms. The molecule has 1 heterocycles. The molecule has 6 nitrogen and oxygen atoms in total. The Bertz CT molecular complexity index is 561. The first-order chi connectivity index (χ1) is 7.54. The number of hydrogen-bond donors (Lipinski definition) is 1. The molecular weight excluding hydrogens is 230 g/mol. The monoisotopic (exact) mass is 239 g/mol. The molecule has 1 N–H and O–H groups in total. The summed E-state index contributed by atoms with van der Waals surface area (Å²) in [6.07, 6.45) is 2.33. The van der Waals surface area contributed by atoms with Crippen molar-refractivity contribution in [2.45, 2.75) is 0 Å². The molecule has 2 aromatic rings. The molecule has 0 radical (unpaired) electrons. The average Bonchev–Trinajstić information content (AvgIpc) is 2.69. The number of sulfonamides is 1. The number of anilines is 1. The van der Waals surface area contributed by atoms with Crippen LogP contribution >= 0.6 is 0 Å². The van der Waals surface area contributed by atoms with E-state index in [1.165, 1.54) is 6.39 Å². The van der Waals surface area contributed by atoms with Crippen molar-refractivity contribution in [3.8, 4) is 11.4 Å². The summed E-state index contributed by atoms with van der Waals surface area (Å²) in [4.78, 5) is 3.87. The van der Waals surface area contributed by atoms with Crippen LogP contribution in [0.25, 0.3) is 11.4 Å². The van der Waals surface area contributed by atoms with E-state index < -0.39 is 10.0 Å². The highest BCUT2D eigenvalue weighted by Gasteiger charge is 2.04. The quantitative estimate of drug-likeness (QED) is 0.867. The van der Waals surface area contributed by atoms with Crippen molar-refractivity contribution >= 4 is 15.7 Å². The molecule has 1 aromatic carbocycles. The minimum atomic E-state index is -3.24. The molecule has 0 atom stereocenters. The fourth-order valence-electron chi connectivity index (χ4n) is 1.20. The van der Waals surface area contributed by atoms with Crippen LogP contribution in [0.5, 0.6) is 0 Å². The van der Waals surface area contributed by atoms with Gasteiger partial charge in [-0.1, -0.05) is 5.16 Å². The van der Waals surface area contributed by atoms with Crippen molar-refractivity contribution < 1.29 is 12.9 Å². The number of nitrogens with zero attached hydrogens (tertiary/aromatic N) is 2. The summed E-state index contributed by atoms with van der Waals surface area (Å²) in [5.74, 6) is 0.464. The van der Waals surface area contributed by atoms with E-state index in [9.17, 15) is 8.42 Å². The average molecular weight is 239 g/mol. The minimum Gasteiger partial charge on any atom is -0.342 e. The van der Waals surface area contributed by atoms with Crippen LogP contribution in [0.4, 0.5) is 5.69 Å². The largest absolute Gasteiger partial charge is 0.342 e. The molecule has 0 saturated heterocycles. The maximum Gasteiger partial charge on any atom is 0.229 e. The van der Waals surface area contributed by atoms with E-state index in [4.69, 9.17) is 0 Å². The van der Waals surface area contributed by atoms with Crippen molar-refractivity contribution in [1.29, 1.82) is 0 Å². The number of aromatic nitrogens is 2. The van der Waals surface area contributed by atoms with E-state index in [0.717, 1.165) is 11.8 Å². The molecular formula is C9H9N3O3S. The smallest absolute Gasteiger partial charge is 0.229 e. The van der Waals surface area contributed by atoms with Gasteiger partial charge in [0.1, 0.15) is 0 Å². The first-order valence-electron chi connectivity index (χ1n) is 4.39. The Hall–Kier alpha value is -1.89. The van der Waals surface area contributed by atoms with E-state index in [0.29, 0.717) is 11.5 Å². The first-order valence-corrected chi connectivity index (χ1v) is 6.28. The predicted molar refractivity (Wildman–Crippen MR) is 58.2 cm³/mol. The van der Waals surface area contributed by atoms with Crippen LogP contribution in [0.15, 0.2) is 35.2 Å². The fraction of sp³-hybridized carbons (Fsp3) is 0.111. The molecule has 2 rings (SSSR count). The van der Waals surface area contributed by atoms with Gasteiger partial charge in [-0.25, -0.2) is 8.42 Å². The van der Waals surface area contributed by atoms with Gasteiger partial charge in [-0.3, -0.25) is 4.72 Å². The van der Waals surface area contributed by atoms with Crippen molar-refractivity contribution in [3.63, 3.8) is 0 Å². The van der Waals surface area contributed by atoms with Crippen LogP contribution in [0, 0.1) is 0 Å². The van der Waals surface area contributed by atoms with E-state index in [2.05, 4.69) is 19.4 Å². The van der Waals surface area contributed by atoms with E-state index >= 15 is 0 Å². The second-order valence-electron chi connectivity index (χ2n) is 3.21. The van der Waals surface area contributed by atoms with Gasteiger partial charge >= 0.3 is 0 Å². The number of benzene rings is 1. The van der Waals surface area contributed by atoms with Gasteiger partial charge < -0.3 is 4.52 Å². The van der Waals surface area contributed by atoms with E-state index in [-0.39, 0.29) is 0 Å². The Labute approximate surface area is 92.3 Å². The molecule has 7 heteroatoms. The molecule has 1 aromatic heterocycles. The Morgan fingerprint density at radius 2 is 1.94 bits per heavy atom. The van der Waals surface area contributed by atoms with Crippen LogP contribution < -0.4 is 4.72 Å². The van der Waals surface area contributed by atoms with Gasteiger partial charge in [0.25, 0.3) is 0 Å². The lowest BCUT2D eigenvalue weighted by Gasteiger charge is -2.03. The number of hydrogen-bond acceptors (Lipinski definition) is 5. The minimum absolute atomic E-state index is 0.464. The molecule has 84 valence electrons. The van der Waals surface area contributed by atoms with Gasteiger partial charge in [-0.15, -0.1) is 0 Å². The zero-order valence-electron chi connectivity index (χ0n) is 8.41. The normalized spacial score (nSPS) is 11.3. The van der Waals surface area contributed by atoms with Crippen LogP contribution in [0.2, 0.25) is 0 Å². The molecule has 0 fully saturated rings. The third kappa shape index (κ3) is 2.57. The highest BCUT2D eigenvalue weighted by atomic mass is 32.2. The molecule has 0 amide bonds. The lowest BCUT2D eigenvalue weighted by atomic mass is 10.2. The van der Waals surface area contributed by atoms with Gasteiger partial charge in [0.05, 0.1) is 6.26 Å². The highest BCUT2D eigenvalue weighted by Crippen LogP contribution is 2.17. The number of rotatable bonds is 3. The van der Waals surface area contributed by atoms with Crippen LogP contribution in [0.1, 0.15) is 0 Å². The maximum absolute atomic E-state index is 11.0. The van der Waals surface area contributed by atoms with E-state index in [1.807, 2.05) is 0 Å². The summed E-state index contributed by atoms with van der Waals surface area (Å²) >= 11 is 0. The lowest BCUT2D eigenvalue weighted by molar-refractivity contribution is 0.419. The Morgan fingerprint density at radius 3 is 2.44 bits per heavy atom. The van der Waals surface area contributed by atoms with Crippen LogP contribution in [0.3, 0.4) is 0 Å². The second kappa shape index (κ2) is 3.93. The van der Waals surface area contributed by atoms with Crippen LogP contribution in [-0.2, 0) is 10.0 Å².